The largest absolute Gasteiger partial charge is 0.465 e. The normalized spacial score (nSPS) is 30.3. The summed E-state index contributed by atoms with van der Waals surface area (Å²) in [5, 5.41) is -0.589. The molecule has 13 heteroatoms. The second-order valence-electron chi connectivity index (χ2n) is 18.3. The molecule has 0 aromatic heterocycles. The Morgan fingerprint density at radius 3 is 2.37 bits per heavy atom. The van der Waals surface area contributed by atoms with Crippen LogP contribution in [0.1, 0.15) is 128 Å². The molecule has 0 unspecified atom stereocenters. The van der Waals surface area contributed by atoms with E-state index in [1.807, 2.05) is 39.8 Å². The molecule has 7 rings (SSSR count). The maximum absolute atomic E-state index is 14.7. The number of nitrogens with zero attached hydrogens (tertiary/aromatic N) is 2. The first-order valence-electron chi connectivity index (χ1n) is 20.1. The lowest BCUT2D eigenvalue weighted by Gasteiger charge is -2.41. The maximum atomic E-state index is 14.7. The van der Waals surface area contributed by atoms with Gasteiger partial charge in [-0.1, -0.05) is 65.2 Å². The Hall–Kier alpha value is -3.48. The van der Waals surface area contributed by atoms with Crippen LogP contribution in [0.25, 0.3) is 0 Å². The number of Topliss-reactive ketones (excluding diaryl/α,β-unsaturated/α-hetero) is 1. The molecule has 1 aromatic carbocycles. The number of ether oxygens (including phenoxy) is 2. The number of rotatable bonds is 7. The lowest BCUT2D eigenvalue weighted by atomic mass is 9.66. The van der Waals surface area contributed by atoms with E-state index in [1.54, 1.807) is 4.90 Å². The van der Waals surface area contributed by atoms with Gasteiger partial charge in [-0.25, -0.2) is 13.2 Å². The highest BCUT2D eigenvalue weighted by atomic mass is 32.2. The Balaban J connectivity index is 1.16. The Morgan fingerprint density at radius 2 is 1.72 bits per heavy atom. The Morgan fingerprint density at radius 1 is 1.00 bits per heavy atom. The van der Waals surface area contributed by atoms with E-state index in [2.05, 4.69) is 10.8 Å². The fourth-order valence-electron chi connectivity index (χ4n) is 9.50. The van der Waals surface area contributed by atoms with Gasteiger partial charge in [0.2, 0.25) is 21.8 Å². The molecule has 1 spiro atoms. The SMILES string of the molecule is CC[C@@H]1C[C@]1(CC(=O)[C@@H]1C[C@@H]2CN1C(=O)[C@H](C(C)(C)C)CC(=O)OCC1(CCCCc3cccc4c3CN(C4)C(=O)O2)CCC1)C(=O)NS(=O)(=O)C1CC1. The maximum Gasteiger partial charge on any atom is 0.410 e. The van der Waals surface area contributed by atoms with Gasteiger partial charge in [-0.2, -0.15) is 0 Å². The molecule has 1 saturated heterocycles. The zero-order valence-electron chi connectivity index (χ0n) is 32.3. The van der Waals surface area contributed by atoms with Crippen LogP contribution in [0.5, 0.6) is 0 Å². The minimum atomic E-state index is -3.83. The Kier molecular flexibility index (Phi) is 10.4. The average Bonchev–Trinajstić information content (AvgIpc) is 3.99. The van der Waals surface area contributed by atoms with Gasteiger partial charge in [0, 0.05) is 31.3 Å². The molecule has 3 aliphatic carbocycles. The van der Waals surface area contributed by atoms with E-state index in [-0.39, 0.29) is 42.9 Å². The number of sulfonamides is 1. The summed E-state index contributed by atoms with van der Waals surface area (Å²) in [4.78, 5) is 73.0. The summed E-state index contributed by atoms with van der Waals surface area (Å²) in [6.07, 6.45) is 7.24. The average molecular weight is 768 g/mol. The van der Waals surface area contributed by atoms with Crippen LogP contribution in [-0.4, -0.2) is 78.4 Å². The van der Waals surface area contributed by atoms with Crippen molar-refractivity contribution >= 4 is 39.7 Å². The summed E-state index contributed by atoms with van der Waals surface area (Å²) in [5.74, 6) is -2.90. The van der Waals surface area contributed by atoms with Crippen molar-refractivity contribution in [1.29, 1.82) is 0 Å². The zero-order valence-corrected chi connectivity index (χ0v) is 33.1. The van der Waals surface area contributed by atoms with E-state index in [0.717, 1.165) is 56.1 Å². The minimum Gasteiger partial charge on any atom is -0.465 e. The monoisotopic (exact) mass is 767 g/mol. The van der Waals surface area contributed by atoms with Crippen LogP contribution in [0.4, 0.5) is 4.79 Å². The highest BCUT2D eigenvalue weighted by molar-refractivity contribution is 7.90. The van der Waals surface area contributed by atoms with Gasteiger partial charge in [0.15, 0.2) is 5.78 Å². The molecule has 6 aliphatic rings. The van der Waals surface area contributed by atoms with Crippen molar-refractivity contribution in [2.24, 2.45) is 28.1 Å². The number of hydrogen-bond donors (Lipinski definition) is 1. The third kappa shape index (κ3) is 7.80. The van der Waals surface area contributed by atoms with Crippen LogP contribution in [0.3, 0.4) is 0 Å². The topological polar surface area (TPSA) is 156 Å². The Labute approximate surface area is 319 Å². The fraction of sp³-hybridized carbons (Fsp3) is 0.732. The van der Waals surface area contributed by atoms with E-state index in [1.165, 1.54) is 10.5 Å². The number of carbonyl (C=O) groups excluding carboxylic acids is 5. The quantitative estimate of drug-likeness (QED) is 0.350. The van der Waals surface area contributed by atoms with Gasteiger partial charge in [0.05, 0.1) is 42.2 Å². The smallest absolute Gasteiger partial charge is 0.410 e. The van der Waals surface area contributed by atoms with Crippen molar-refractivity contribution in [3.63, 3.8) is 0 Å². The van der Waals surface area contributed by atoms with Crippen LogP contribution in [0, 0.1) is 28.1 Å². The molecule has 3 heterocycles. The molecule has 296 valence electrons. The van der Waals surface area contributed by atoms with Gasteiger partial charge in [0.25, 0.3) is 0 Å². The van der Waals surface area contributed by atoms with E-state index < -0.39 is 68.0 Å². The lowest BCUT2D eigenvalue weighted by molar-refractivity contribution is -0.157. The van der Waals surface area contributed by atoms with Crippen LogP contribution in [-0.2, 0) is 58.2 Å². The van der Waals surface area contributed by atoms with Crippen molar-refractivity contribution in [3.05, 3.63) is 34.9 Å². The van der Waals surface area contributed by atoms with Gasteiger partial charge < -0.3 is 14.4 Å². The summed E-state index contributed by atoms with van der Waals surface area (Å²) in [7, 11) is -3.83. The van der Waals surface area contributed by atoms with Crippen LogP contribution >= 0.6 is 0 Å². The molecule has 1 N–H and O–H groups in total. The summed E-state index contributed by atoms with van der Waals surface area (Å²) in [5.41, 5.74) is 1.54. The van der Waals surface area contributed by atoms with E-state index >= 15 is 0 Å². The number of esters is 1. The van der Waals surface area contributed by atoms with Crippen molar-refractivity contribution in [1.82, 2.24) is 14.5 Å². The van der Waals surface area contributed by atoms with Crippen LogP contribution in [0.2, 0.25) is 0 Å². The van der Waals surface area contributed by atoms with E-state index in [4.69, 9.17) is 9.47 Å². The molecule has 3 amide bonds. The number of nitrogens with one attached hydrogen (secondary N) is 1. The molecular formula is C41H57N3O9S. The van der Waals surface area contributed by atoms with Gasteiger partial charge in [0.1, 0.15) is 6.10 Å². The number of benzene rings is 1. The first-order chi connectivity index (χ1) is 25.5. The van der Waals surface area contributed by atoms with E-state index in [9.17, 15) is 32.4 Å². The highest BCUT2D eigenvalue weighted by Crippen LogP contribution is 2.58. The molecule has 54 heavy (non-hydrogen) atoms. The third-order valence-corrected chi connectivity index (χ3v) is 15.3. The predicted molar refractivity (Wildman–Crippen MR) is 199 cm³/mol. The third-order valence-electron chi connectivity index (χ3n) is 13.5. The standard InChI is InChI=1S/C41H57N3O9S/c1-5-28-20-41(28,37(48)42-54(50,51)30-13-14-30)21-34(45)33-18-29-23-44(33)36(47)32(39(2,3)4)19-35(46)52-25-40(16-9-17-40)15-7-6-10-26-11-8-12-27-22-43(24-31(26)27)38(49)53-29/h8,11-12,28-30,32-33H,5-7,9-10,13-25H2,1-4H3,(H,42,48)/t28-,29-,32-,33+,41-/m1/s1. The molecule has 12 nitrogen and oxygen atoms in total. The second kappa shape index (κ2) is 14.5. The number of aryl methyl sites for hydroxylation is 1. The molecule has 3 saturated carbocycles. The predicted octanol–water partition coefficient (Wildman–Crippen LogP) is 5.58. The van der Waals surface area contributed by atoms with E-state index in [0.29, 0.717) is 45.4 Å². The first kappa shape index (κ1) is 38.8. The van der Waals surface area contributed by atoms with Crippen molar-refractivity contribution in [2.75, 3.05) is 13.2 Å². The van der Waals surface area contributed by atoms with Crippen LogP contribution < -0.4 is 4.72 Å². The number of carbonyl (C=O) groups is 5. The minimum absolute atomic E-state index is 0.0375. The summed E-state index contributed by atoms with van der Waals surface area (Å²) < 4.78 is 39.8. The number of ketones is 1. The molecule has 3 aliphatic heterocycles. The van der Waals surface area contributed by atoms with Gasteiger partial charge >= 0.3 is 12.1 Å². The van der Waals surface area contributed by atoms with Gasteiger partial charge in [-0.3, -0.25) is 28.8 Å². The van der Waals surface area contributed by atoms with Crippen LogP contribution in [0.15, 0.2) is 18.2 Å². The molecule has 4 bridgehead atoms. The molecule has 5 atom stereocenters. The van der Waals surface area contributed by atoms with Crippen molar-refractivity contribution < 1.29 is 41.9 Å². The highest BCUT2D eigenvalue weighted by Gasteiger charge is 2.62. The summed E-state index contributed by atoms with van der Waals surface area (Å²) in [6, 6.07) is 5.18. The first-order valence-corrected chi connectivity index (χ1v) is 21.7. The lowest BCUT2D eigenvalue weighted by Crippen LogP contribution is -2.49. The number of amides is 3. The molecule has 4 fully saturated rings. The number of fused-ring (bicyclic) bond motifs is 3. The molecular weight excluding hydrogens is 711 g/mol. The molecule has 1 aromatic rings. The van der Waals surface area contributed by atoms with Gasteiger partial charge in [-0.05, 0) is 79.4 Å². The summed E-state index contributed by atoms with van der Waals surface area (Å²) >= 11 is 0. The van der Waals surface area contributed by atoms with Crippen molar-refractivity contribution in [2.45, 2.75) is 148 Å². The molecule has 0 radical (unpaired) electrons. The Bertz CT molecular complexity index is 1800. The number of cyclic esters (lactones) is 1. The van der Waals surface area contributed by atoms with Gasteiger partial charge in [-0.15, -0.1) is 0 Å². The summed E-state index contributed by atoms with van der Waals surface area (Å²) in [6.45, 7) is 8.68. The van der Waals surface area contributed by atoms with Crippen molar-refractivity contribution in [3.8, 4) is 0 Å². The number of hydrogen-bond acceptors (Lipinski definition) is 9. The second-order valence-corrected chi connectivity index (χ2v) is 20.2. The zero-order chi connectivity index (χ0) is 38.6. The fourth-order valence-corrected chi connectivity index (χ4v) is 10.9.